The first-order chi connectivity index (χ1) is 14.9. The number of hydrogen-bond donors (Lipinski definition) is 2. The van der Waals surface area contributed by atoms with E-state index in [2.05, 4.69) is 20.4 Å². The van der Waals surface area contributed by atoms with Gasteiger partial charge in [0, 0.05) is 12.8 Å². The summed E-state index contributed by atoms with van der Waals surface area (Å²) in [5.74, 6) is -0.0461. The smallest absolute Gasteiger partial charge is 0.268 e. The lowest BCUT2D eigenvalue weighted by molar-refractivity contribution is -0.133. The lowest BCUT2D eigenvalue weighted by Crippen LogP contribution is -2.44. The van der Waals surface area contributed by atoms with Crippen LogP contribution in [-0.2, 0) is 19.4 Å². The van der Waals surface area contributed by atoms with Crippen LogP contribution in [0.4, 0.5) is 0 Å². The van der Waals surface area contributed by atoms with E-state index < -0.39 is 15.9 Å². The van der Waals surface area contributed by atoms with Crippen molar-refractivity contribution >= 4 is 27.4 Å². The molecular formula is C21H25N5O4S. The number of H-pyrrole nitrogens is 1. The van der Waals surface area contributed by atoms with E-state index in [1.54, 1.807) is 6.20 Å². The fourth-order valence-electron chi connectivity index (χ4n) is 3.87. The highest BCUT2D eigenvalue weighted by Crippen LogP contribution is 2.23. The number of imidazole rings is 1. The highest BCUT2D eigenvalue weighted by atomic mass is 32.2. The molecule has 2 aromatic rings. The van der Waals surface area contributed by atoms with Gasteiger partial charge in [0.15, 0.2) is 9.84 Å². The van der Waals surface area contributed by atoms with Gasteiger partial charge in [-0.25, -0.2) is 18.4 Å². The zero-order valence-corrected chi connectivity index (χ0v) is 18.1. The Morgan fingerprint density at radius 1 is 1.29 bits per heavy atom. The molecular weight excluding hydrogens is 418 g/mol. The number of aromatic nitrogens is 2. The molecule has 10 heteroatoms. The van der Waals surface area contributed by atoms with Gasteiger partial charge in [0.1, 0.15) is 11.5 Å². The Morgan fingerprint density at radius 2 is 2.06 bits per heavy atom. The molecule has 9 nitrogen and oxygen atoms in total. The molecule has 2 aliphatic heterocycles. The Morgan fingerprint density at radius 3 is 2.74 bits per heavy atom. The second-order valence-electron chi connectivity index (χ2n) is 7.82. The number of carbonyl (C=O) groups is 2. The van der Waals surface area contributed by atoms with Gasteiger partial charge in [-0.3, -0.25) is 9.59 Å². The third-order valence-corrected chi connectivity index (χ3v) is 7.35. The summed E-state index contributed by atoms with van der Waals surface area (Å²) < 4.78 is 23.6. The van der Waals surface area contributed by atoms with Gasteiger partial charge in [0.2, 0.25) is 5.91 Å². The molecule has 2 unspecified atom stereocenters. The molecule has 164 valence electrons. The second kappa shape index (κ2) is 8.62. The van der Waals surface area contributed by atoms with Crippen LogP contribution in [0.3, 0.4) is 0 Å². The SMILES string of the molecule is CCC(NC(=O)C1=NN(C2CCS(=O)(=O)C2)C(=O)CC1)c1ncc(-c2ccccc2)[nH]1. The molecule has 0 bridgehead atoms. The lowest BCUT2D eigenvalue weighted by Gasteiger charge is -2.28. The van der Waals surface area contributed by atoms with Gasteiger partial charge in [0.25, 0.3) is 5.91 Å². The Hall–Kier alpha value is -3.01. The highest BCUT2D eigenvalue weighted by molar-refractivity contribution is 7.91. The summed E-state index contributed by atoms with van der Waals surface area (Å²) in [6.45, 7) is 1.94. The standard InChI is InChI=1S/C21H25N5O4S/c1-2-16(20-22-12-18(23-20)14-6-4-3-5-7-14)24-21(28)17-8-9-19(27)26(25-17)15-10-11-31(29,30)13-15/h3-7,12,15-16H,2,8-11,13H2,1H3,(H,22,23)(H,24,28). The number of amides is 2. The van der Waals surface area contributed by atoms with Gasteiger partial charge >= 0.3 is 0 Å². The first-order valence-electron chi connectivity index (χ1n) is 10.4. The van der Waals surface area contributed by atoms with Crippen LogP contribution in [0.5, 0.6) is 0 Å². The van der Waals surface area contributed by atoms with Crippen LogP contribution >= 0.6 is 0 Å². The van der Waals surface area contributed by atoms with Crippen LogP contribution in [0, 0.1) is 0 Å². The topological polar surface area (TPSA) is 125 Å². The van der Waals surface area contributed by atoms with Crippen molar-refractivity contribution in [3.8, 4) is 11.3 Å². The fourth-order valence-corrected chi connectivity index (χ4v) is 5.56. The molecule has 1 aromatic carbocycles. The van der Waals surface area contributed by atoms with E-state index >= 15 is 0 Å². The summed E-state index contributed by atoms with van der Waals surface area (Å²) in [5, 5.41) is 8.38. The lowest BCUT2D eigenvalue weighted by atomic mass is 10.1. The van der Waals surface area contributed by atoms with Crippen molar-refractivity contribution in [2.75, 3.05) is 11.5 Å². The molecule has 2 aliphatic rings. The van der Waals surface area contributed by atoms with E-state index in [4.69, 9.17) is 0 Å². The maximum atomic E-state index is 12.9. The quantitative estimate of drug-likeness (QED) is 0.704. The second-order valence-corrected chi connectivity index (χ2v) is 10.1. The van der Waals surface area contributed by atoms with Gasteiger partial charge in [-0.1, -0.05) is 37.3 Å². The molecule has 31 heavy (non-hydrogen) atoms. The summed E-state index contributed by atoms with van der Waals surface area (Å²) in [5.41, 5.74) is 2.09. The van der Waals surface area contributed by atoms with Crippen molar-refractivity contribution in [1.29, 1.82) is 0 Å². The molecule has 1 aromatic heterocycles. The Labute approximate surface area is 180 Å². The molecule has 3 heterocycles. The molecule has 1 saturated heterocycles. The van der Waals surface area contributed by atoms with Crippen LogP contribution < -0.4 is 5.32 Å². The van der Waals surface area contributed by atoms with Crippen molar-refractivity contribution in [2.45, 2.75) is 44.7 Å². The molecule has 0 saturated carbocycles. The predicted molar refractivity (Wildman–Crippen MR) is 116 cm³/mol. The molecule has 0 aliphatic carbocycles. The molecule has 2 amide bonds. The van der Waals surface area contributed by atoms with Crippen molar-refractivity contribution in [3.63, 3.8) is 0 Å². The maximum absolute atomic E-state index is 12.9. The number of hydrazone groups is 1. The Bertz CT molecular complexity index is 1110. The molecule has 4 rings (SSSR count). The first kappa shape index (κ1) is 21.2. The predicted octanol–water partition coefficient (Wildman–Crippen LogP) is 1.81. The number of aromatic amines is 1. The summed E-state index contributed by atoms with van der Waals surface area (Å²) in [4.78, 5) is 32.8. The van der Waals surface area contributed by atoms with Crippen LogP contribution in [0.25, 0.3) is 11.3 Å². The van der Waals surface area contributed by atoms with Crippen LogP contribution in [0.2, 0.25) is 0 Å². The number of nitrogens with one attached hydrogen (secondary N) is 2. The normalized spacial score (nSPS) is 21.6. The minimum absolute atomic E-state index is 0.0403. The van der Waals surface area contributed by atoms with Crippen LogP contribution in [0.15, 0.2) is 41.6 Å². The van der Waals surface area contributed by atoms with Crippen molar-refractivity contribution in [3.05, 3.63) is 42.4 Å². The van der Waals surface area contributed by atoms with E-state index in [1.165, 1.54) is 5.01 Å². The number of nitrogens with zero attached hydrogens (tertiary/aromatic N) is 3. The van der Waals surface area contributed by atoms with Crippen LogP contribution in [-0.4, -0.2) is 58.5 Å². The van der Waals surface area contributed by atoms with Crippen molar-refractivity contribution in [2.24, 2.45) is 5.10 Å². The largest absolute Gasteiger partial charge is 0.341 e. The molecule has 1 fully saturated rings. The number of benzene rings is 1. The van der Waals surface area contributed by atoms with Gasteiger partial charge in [-0.15, -0.1) is 0 Å². The van der Waals surface area contributed by atoms with Gasteiger partial charge in [0.05, 0.1) is 35.5 Å². The summed E-state index contributed by atoms with van der Waals surface area (Å²) >= 11 is 0. The molecule has 2 atom stereocenters. The number of sulfone groups is 1. The van der Waals surface area contributed by atoms with Gasteiger partial charge in [-0.2, -0.15) is 5.10 Å². The summed E-state index contributed by atoms with van der Waals surface area (Å²) in [6.07, 6.45) is 3.06. The van der Waals surface area contributed by atoms with E-state index in [1.807, 2.05) is 37.3 Å². The minimum atomic E-state index is -3.16. The summed E-state index contributed by atoms with van der Waals surface area (Å²) in [6, 6.07) is 8.93. The third-order valence-electron chi connectivity index (χ3n) is 5.60. The van der Waals surface area contributed by atoms with E-state index in [0.717, 1.165) is 11.3 Å². The summed E-state index contributed by atoms with van der Waals surface area (Å²) in [7, 11) is -3.16. The van der Waals surface area contributed by atoms with E-state index in [-0.39, 0.29) is 47.9 Å². The first-order valence-corrected chi connectivity index (χ1v) is 12.2. The zero-order chi connectivity index (χ0) is 22.0. The average molecular weight is 444 g/mol. The zero-order valence-electron chi connectivity index (χ0n) is 17.2. The monoisotopic (exact) mass is 443 g/mol. The molecule has 0 radical (unpaired) electrons. The number of carbonyl (C=O) groups excluding carboxylic acids is 2. The van der Waals surface area contributed by atoms with Gasteiger partial charge in [-0.05, 0) is 18.4 Å². The molecule has 0 spiro atoms. The van der Waals surface area contributed by atoms with Crippen LogP contribution in [0.1, 0.15) is 44.5 Å². The Balaban J connectivity index is 1.48. The molecule has 2 N–H and O–H groups in total. The third kappa shape index (κ3) is 4.68. The van der Waals surface area contributed by atoms with Crippen molar-refractivity contribution in [1.82, 2.24) is 20.3 Å². The minimum Gasteiger partial charge on any atom is -0.341 e. The van der Waals surface area contributed by atoms with Crippen molar-refractivity contribution < 1.29 is 18.0 Å². The highest BCUT2D eigenvalue weighted by Gasteiger charge is 2.37. The maximum Gasteiger partial charge on any atom is 0.268 e. The Kier molecular flexibility index (Phi) is 5.90. The van der Waals surface area contributed by atoms with E-state index in [9.17, 15) is 18.0 Å². The number of hydrogen-bond acceptors (Lipinski definition) is 6. The number of rotatable bonds is 6. The van der Waals surface area contributed by atoms with E-state index in [0.29, 0.717) is 18.7 Å². The fraction of sp³-hybridized carbons (Fsp3) is 0.429. The average Bonchev–Trinajstić information content (AvgIpc) is 3.39. The van der Waals surface area contributed by atoms with Gasteiger partial charge < -0.3 is 10.3 Å².